The van der Waals surface area contributed by atoms with Crippen molar-refractivity contribution < 1.29 is 9.53 Å². The molecule has 0 aromatic heterocycles. The summed E-state index contributed by atoms with van der Waals surface area (Å²) in [4.78, 5) is 14.2. The van der Waals surface area contributed by atoms with E-state index in [-0.39, 0.29) is 18.1 Å². The zero-order valence-corrected chi connectivity index (χ0v) is 10.3. The minimum absolute atomic E-state index is 0.0846. The number of benzene rings is 1. The second kappa shape index (κ2) is 4.61. The van der Waals surface area contributed by atoms with Crippen LogP contribution in [0.5, 0.6) is 5.75 Å². The van der Waals surface area contributed by atoms with Gasteiger partial charge in [0.25, 0.3) is 5.91 Å². The minimum atomic E-state index is -0.354. The Labute approximate surface area is 107 Å². The number of nitrogens with zero attached hydrogens (tertiary/aromatic N) is 1. The molecule has 2 aliphatic heterocycles. The van der Waals surface area contributed by atoms with Gasteiger partial charge in [-0.15, -0.1) is 0 Å². The Balaban J connectivity index is 1.68. The predicted octanol–water partition coefficient (Wildman–Crippen LogP) is 0.940. The van der Waals surface area contributed by atoms with E-state index in [1.165, 1.54) is 0 Å². The molecule has 1 fully saturated rings. The average molecular weight is 246 g/mol. The maximum atomic E-state index is 12.4. The van der Waals surface area contributed by atoms with Crippen LogP contribution in [0.2, 0.25) is 0 Å². The summed E-state index contributed by atoms with van der Waals surface area (Å²) in [6.07, 6.45) is 2.33. The van der Waals surface area contributed by atoms with E-state index in [1.807, 2.05) is 29.2 Å². The standard InChI is InChI=1S/C14H18N2O2/c15-11-5-3-7-16(9-11)14(17)13-8-10-4-1-2-6-12(10)18-13/h1-2,4,6,11,13H,3,5,7-9,15H2. The van der Waals surface area contributed by atoms with Crippen molar-refractivity contribution in [3.05, 3.63) is 29.8 Å². The highest BCUT2D eigenvalue weighted by atomic mass is 16.5. The molecule has 0 spiro atoms. The summed E-state index contributed by atoms with van der Waals surface area (Å²) >= 11 is 0. The molecule has 2 heterocycles. The van der Waals surface area contributed by atoms with Crippen LogP contribution in [0.25, 0.3) is 0 Å². The van der Waals surface area contributed by atoms with Crippen molar-refractivity contribution in [3.63, 3.8) is 0 Å². The number of nitrogens with two attached hydrogens (primary N) is 1. The highest BCUT2D eigenvalue weighted by Gasteiger charge is 2.33. The maximum absolute atomic E-state index is 12.4. The first-order valence-corrected chi connectivity index (χ1v) is 6.53. The molecule has 1 aromatic carbocycles. The number of amides is 1. The van der Waals surface area contributed by atoms with Crippen LogP contribution in [-0.2, 0) is 11.2 Å². The third kappa shape index (κ3) is 2.08. The van der Waals surface area contributed by atoms with E-state index in [2.05, 4.69) is 0 Å². The summed E-state index contributed by atoms with van der Waals surface area (Å²) in [6.45, 7) is 1.47. The largest absolute Gasteiger partial charge is 0.480 e. The van der Waals surface area contributed by atoms with E-state index in [0.717, 1.165) is 30.7 Å². The second-order valence-electron chi connectivity index (χ2n) is 5.10. The molecular weight excluding hydrogens is 228 g/mol. The summed E-state index contributed by atoms with van der Waals surface area (Å²) in [5.41, 5.74) is 7.03. The highest BCUT2D eigenvalue weighted by Crippen LogP contribution is 2.29. The molecule has 2 aliphatic rings. The summed E-state index contributed by atoms with van der Waals surface area (Å²) in [5, 5.41) is 0. The van der Waals surface area contributed by atoms with Gasteiger partial charge in [0.15, 0.2) is 6.10 Å². The normalized spacial score (nSPS) is 26.6. The van der Waals surface area contributed by atoms with Crippen molar-refractivity contribution >= 4 is 5.91 Å². The Morgan fingerprint density at radius 1 is 1.39 bits per heavy atom. The molecule has 2 unspecified atom stereocenters. The Morgan fingerprint density at radius 2 is 2.22 bits per heavy atom. The van der Waals surface area contributed by atoms with E-state index < -0.39 is 0 Å². The van der Waals surface area contributed by atoms with Crippen molar-refractivity contribution in [2.45, 2.75) is 31.4 Å². The first kappa shape index (κ1) is 11.5. The van der Waals surface area contributed by atoms with Crippen LogP contribution >= 0.6 is 0 Å². The topological polar surface area (TPSA) is 55.6 Å². The first-order valence-electron chi connectivity index (χ1n) is 6.53. The van der Waals surface area contributed by atoms with Gasteiger partial charge in [-0.05, 0) is 24.5 Å². The molecule has 4 heteroatoms. The van der Waals surface area contributed by atoms with Gasteiger partial charge in [0.05, 0.1) is 0 Å². The first-order chi connectivity index (χ1) is 8.74. The average Bonchev–Trinajstić information content (AvgIpc) is 2.81. The molecule has 18 heavy (non-hydrogen) atoms. The number of hydrogen-bond acceptors (Lipinski definition) is 3. The third-order valence-corrected chi connectivity index (χ3v) is 3.69. The lowest BCUT2D eigenvalue weighted by Crippen LogP contribution is -2.50. The molecule has 0 bridgehead atoms. The van der Waals surface area contributed by atoms with Gasteiger partial charge in [-0.1, -0.05) is 18.2 Å². The molecule has 0 radical (unpaired) electrons. The minimum Gasteiger partial charge on any atom is -0.480 e. The molecule has 1 saturated heterocycles. The van der Waals surface area contributed by atoms with Crippen LogP contribution in [0.15, 0.2) is 24.3 Å². The molecule has 96 valence electrons. The van der Waals surface area contributed by atoms with Crippen LogP contribution in [0.1, 0.15) is 18.4 Å². The van der Waals surface area contributed by atoms with Gasteiger partial charge >= 0.3 is 0 Å². The van der Waals surface area contributed by atoms with Gasteiger partial charge in [0.2, 0.25) is 0 Å². The highest BCUT2D eigenvalue weighted by molar-refractivity contribution is 5.82. The van der Waals surface area contributed by atoms with Crippen LogP contribution in [0.4, 0.5) is 0 Å². The third-order valence-electron chi connectivity index (χ3n) is 3.69. The van der Waals surface area contributed by atoms with Gasteiger partial charge in [-0.2, -0.15) is 0 Å². The number of ether oxygens (including phenoxy) is 1. The lowest BCUT2D eigenvalue weighted by molar-refractivity contribution is -0.139. The monoisotopic (exact) mass is 246 g/mol. The fourth-order valence-electron chi connectivity index (χ4n) is 2.73. The van der Waals surface area contributed by atoms with Crippen molar-refractivity contribution in [1.29, 1.82) is 0 Å². The number of likely N-dealkylation sites (tertiary alicyclic amines) is 1. The lowest BCUT2D eigenvalue weighted by atomic mass is 10.0. The zero-order valence-electron chi connectivity index (χ0n) is 10.3. The number of carbonyl (C=O) groups excluding carboxylic acids is 1. The van der Waals surface area contributed by atoms with Gasteiger partial charge in [-0.3, -0.25) is 4.79 Å². The van der Waals surface area contributed by atoms with Gasteiger partial charge in [-0.25, -0.2) is 0 Å². The van der Waals surface area contributed by atoms with Crippen LogP contribution in [0, 0.1) is 0 Å². The molecule has 1 aromatic rings. The van der Waals surface area contributed by atoms with Crippen molar-refractivity contribution in [2.75, 3.05) is 13.1 Å². The molecule has 4 nitrogen and oxygen atoms in total. The van der Waals surface area contributed by atoms with Crippen molar-refractivity contribution in [3.8, 4) is 5.75 Å². The fraction of sp³-hybridized carbons (Fsp3) is 0.500. The Bertz CT molecular complexity index is 436. The van der Waals surface area contributed by atoms with Crippen LogP contribution < -0.4 is 10.5 Å². The summed E-state index contributed by atoms with van der Waals surface area (Å²) in [7, 11) is 0. The van der Waals surface area contributed by atoms with Crippen LogP contribution in [-0.4, -0.2) is 36.0 Å². The molecule has 2 atom stereocenters. The maximum Gasteiger partial charge on any atom is 0.264 e. The van der Waals surface area contributed by atoms with Crippen molar-refractivity contribution in [1.82, 2.24) is 4.90 Å². The Morgan fingerprint density at radius 3 is 3.00 bits per heavy atom. The van der Waals surface area contributed by atoms with Crippen molar-refractivity contribution in [2.24, 2.45) is 5.73 Å². The Kier molecular flexibility index (Phi) is 2.96. The summed E-state index contributed by atoms with van der Waals surface area (Å²) in [6, 6.07) is 7.97. The van der Waals surface area contributed by atoms with Gasteiger partial charge < -0.3 is 15.4 Å². The smallest absolute Gasteiger partial charge is 0.264 e. The van der Waals surface area contributed by atoms with E-state index in [4.69, 9.17) is 10.5 Å². The zero-order chi connectivity index (χ0) is 12.5. The quantitative estimate of drug-likeness (QED) is 0.802. The van der Waals surface area contributed by atoms with Crippen LogP contribution in [0.3, 0.4) is 0 Å². The molecule has 2 N–H and O–H groups in total. The summed E-state index contributed by atoms with van der Waals surface area (Å²) in [5.74, 6) is 0.929. The predicted molar refractivity (Wildman–Crippen MR) is 68.4 cm³/mol. The van der Waals surface area contributed by atoms with Gasteiger partial charge in [0, 0.05) is 25.6 Å². The molecule has 3 rings (SSSR count). The summed E-state index contributed by atoms with van der Waals surface area (Å²) < 4.78 is 5.73. The second-order valence-corrected chi connectivity index (χ2v) is 5.10. The van der Waals surface area contributed by atoms with E-state index in [0.29, 0.717) is 13.0 Å². The number of piperidine rings is 1. The fourth-order valence-corrected chi connectivity index (χ4v) is 2.73. The number of para-hydroxylation sites is 1. The van der Waals surface area contributed by atoms with E-state index in [1.54, 1.807) is 0 Å². The number of rotatable bonds is 1. The number of carbonyl (C=O) groups is 1. The number of fused-ring (bicyclic) bond motifs is 1. The van der Waals surface area contributed by atoms with E-state index >= 15 is 0 Å². The Hall–Kier alpha value is -1.55. The molecule has 1 amide bonds. The lowest BCUT2D eigenvalue weighted by Gasteiger charge is -2.32. The molecule has 0 saturated carbocycles. The van der Waals surface area contributed by atoms with Gasteiger partial charge in [0.1, 0.15) is 5.75 Å². The molecular formula is C14H18N2O2. The number of hydrogen-bond donors (Lipinski definition) is 1. The molecule has 0 aliphatic carbocycles. The van der Waals surface area contributed by atoms with E-state index in [9.17, 15) is 4.79 Å². The SMILES string of the molecule is NC1CCCN(C(=O)C2Cc3ccccc3O2)C1.